The highest BCUT2D eigenvalue weighted by Crippen LogP contribution is 2.28. The lowest BCUT2D eigenvalue weighted by molar-refractivity contribution is -0.146. The molecular weight excluding hydrogens is 399 g/mol. The number of nitrogens with zero attached hydrogens (tertiary/aromatic N) is 7. The number of aromatic nitrogens is 5. The molecule has 3 aromatic rings. The molecule has 0 saturated carbocycles. The molecule has 0 radical (unpaired) electrons. The molecule has 0 N–H and O–H groups in total. The zero-order valence-electron chi connectivity index (χ0n) is 14.3. The molecule has 0 amide bonds. The van der Waals surface area contributed by atoms with Gasteiger partial charge in [0.05, 0.1) is 0 Å². The molecule has 4 heterocycles. The van der Waals surface area contributed by atoms with Gasteiger partial charge < -0.3 is 4.90 Å². The van der Waals surface area contributed by atoms with Gasteiger partial charge in [-0.2, -0.15) is 22.0 Å². The van der Waals surface area contributed by atoms with E-state index in [0.717, 1.165) is 0 Å². The summed E-state index contributed by atoms with van der Waals surface area (Å²) in [6, 6.07) is 7.56. The van der Waals surface area contributed by atoms with Crippen molar-refractivity contribution in [3.05, 3.63) is 42.4 Å². The average Bonchev–Trinajstić information content (AvgIpc) is 3.12. The Morgan fingerprint density at radius 1 is 0.964 bits per heavy atom. The number of anilines is 1. The van der Waals surface area contributed by atoms with Crippen molar-refractivity contribution in [3.63, 3.8) is 0 Å². The maximum atomic E-state index is 13.0. The van der Waals surface area contributed by atoms with E-state index in [9.17, 15) is 21.6 Å². The third-order valence-corrected chi connectivity index (χ3v) is 6.12. The molecular formula is C15H14F3N7O2S. The molecule has 28 heavy (non-hydrogen) atoms. The van der Waals surface area contributed by atoms with Crippen LogP contribution in [0.15, 0.2) is 41.6 Å². The summed E-state index contributed by atoms with van der Waals surface area (Å²) in [7, 11) is -3.72. The minimum Gasteiger partial charge on any atom is -0.353 e. The molecule has 13 heteroatoms. The van der Waals surface area contributed by atoms with Crippen LogP contribution in [0.4, 0.5) is 19.0 Å². The van der Waals surface area contributed by atoms with Crippen LogP contribution in [0.3, 0.4) is 0 Å². The summed E-state index contributed by atoms with van der Waals surface area (Å²) >= 11 is 0. The normalized spacial score (nSPS) is 16.6. The van der Waals surface area contributed by atoms with Gasteiger partial charge >= 0.3 is 6.18 Å². The number of pyridine rings is 1. The van der Waals surface area contributed by atoms with Crippen molar-refractivity contribution in [1.29, 1.82) is 0 Å². The molecule has 0 atom stereocenters. The molecule has 1 aliphatic heterocycles. The van der Waals surface area contributed by atoms with Crippen molar-refractivity contribution in [2.75, 3.05) is 31.1 Å². The second-order valence-electron chi connectivity index (χ2n) is 6.04. The van der Waals surface area contributed by atoms with Gasteiger partial charge in [-0.3, -0.25) is 0 Å². The predicted octanol–water partition coefficient (Wildman–Crippen LogP) is 1.05. The lowest BCUT2D eigenvalue weighted by Gasteiger charge is -2.34. The molecule has 1 saturated heterocycles. The minimum atomic E-state index is -4.68. The maximum absolute atomic E-state index is 13.0. The van der Waals surface area contributed by atoms with Crippen molar-refractivity contribution >= 4 is 21.5 Å². The highest BCUT2D eigenvalue weighted by atomic mass is 32.2. The first-order valence-electron chi connectivity index (χ1n) is 8.22. The second-order valence-corrected chi connectivity index (χ2v) is 7.93. The highest BCUT2D eigenvalue weighted by Gasteiger charge is 2.38. The number of fused-ring (bicyclic) bond motifs is 1. The summed E-state index contributed by atoms with van der Waals surface area (Å²) < 4.78 is 66.2. The van der Waals surface area contributed by atoms with Gasteiger partial charge in [0.25, 0.3) is 15.8 Å². The smallest absolute Gasteiger partial charge is 0.353 e. The van der Waals surface area contributed by atoms with E-state index in [-0.39, 0.29) is 42.7 Å². The van der Waals surface area contributed by atoms with E-state index < -0.39 is 22.0 Å². The lowest BCUT2D eigenvalue weighted by Crippen LogP contribution is -2.49. The lowest BCUT2D eigenvalue weighted by atomic mass is 10.3. The summed E-state index contributed by atoms with van der Waals surface area (Å²) in [5.74, 6) is -0.923. The van der Waals surface area contributed by atoms with Crippen LogP contribution in [0.5, 0.6) is 0 Å². The summed E-state index contributed by atoms with van der Waals surface area (Å²) in [5, 5.41) is 10.6. The summed E-state index contributed by atoms with van der Waals surface area (Å²) in [6.45, 7) is 0.863. The molecule has 0 spiro atoms. The standard InChI is InChI=1S/C15H14F3N7O2S/c16-15(17,18)14-21-20-11-4-5-12(22-25(11)14)23-7-9-24(10-8-23)28(26,27)13-3-1-2-6-19-13/h1-6H,7-10H2. The van der Waals surface area contributed by atoms with Crippen molar-refractivity contribution in [3.8, 4) is 0 Å². The van der Waals surface area contributed by atoms with Gasteiger partial charge in [0.15, 0.2) is 10.7 Å². The molecule has 0 bridgehead atoms. The monoisotopic (exact) mass is 413 g/mol. The van der Waals surface area contributed by atoms with Gasteiger partial charge in [-0.25, -0.2) is 13.4 Å². The van der Waals surface area contributed by atoms with Crippen LogP contribution >= 0.6 is 0 Å². The van der Waals surface area contributed by atoms with E-state index in [1.807, 2.05) is 0 Å². The summed E-state index contributed by atoms with van der Waals surface area (Å²) in [5.41, 5.74) is -0.0209. The molecule has 0 unspecified atom stereocenters. The quantitative estimate of drug-likeness (QED) is 0.633. The Morgan fingerprint density at radius 3 is 2.36 bits per heavy atom. The highest BCUT2D eigenvalue weighted by molar-refractivity contribution is 7.89. The minimum absolute atomic E-state index is 0.0209. The fourth-order valence-corrected chi connectivity index (χ4v) is 4.27. The Kier molecular flexibility index (Phi) is 4.42. The van der Waals surface area contributed by atoms with Gasteiger partial charge in [0.2, 0.25) is 0 Å². The Labute approximate surface area is 157 Å². The molecule has 3 aromatic heterocycles. The first kappa shape index (κ1) is 18.6. The SMILES string of the molecule is O=S(=O)(c1ccccn1)N1CCN(c2ccc3nnc(C(F)(F)F)n3n2)CC1. The predicted molar refractivity (Wildman–Crippen MR) is 91.0 cm³/mol. The third-order valence-electron chi connectivity index (χ3n) is 4.31. The average molecular weight is 413 g/mol. The number of piperazine rings is 1. The van der Waals surface area contributed by atoms with E-state index in [4.69, 9.17) is 0 Å². The first-order valence-corrected chi connectivity index (χ1v) is 9.66. The van der Waals surface area contributed by atoms with Crippen molar-refractivity contribution in [2.45, 2.75) is 11.2 Å². The Bertz CT molecular complexity index is 1090. The Balaban J connectivity index is 1.54. The van der Waals surface area contributed by atoms with Gasteiger partial charge in [-0.05, 0) is 24.3 Å². The largest absolute Gasteiger partial charge is 0.453 e. The number of halogens is 3. The van der Waals surface area contributed by atoms with Gasteiger partial charge in [-0.15, -0.1) is 15.3 Å². The third kappa shape index (κ3) is 3.26. The fourth-order valence-electron chi connectivity index (χ4n) is 2.91. The molecule has 148 valence electrons. The molecule has 1 aliphatic rings. The van der Waals surface area contributed by atoms with Crippen LogP contribution in [0, 0.1) is 0 Å². The summed E-state index contributed by atoms with van der Waals surface area (Å²) in [6.07, 6.45) is -3.28. The molecule has 0 aromatic carbocycles. The summed E-state index contributed by atoms with van der Waals surface area (Å²) in [4.78, 5) is 5.60. The number of hydrogen-bond donors (Lipinski definition) is 0. The van der Waals surface area contributed by atoms with E-state index in [1.54, 1.807) is 17.0 Å². The number of alkyl halides is 3. The number of sulfonamides is 1. The first-order chi connectivity index (χ1) is 13.3. The number of hydrogen-bond acceptors (Lipinski definition) is 7. The van der Waals surface area contributed by atoms with Crippen molar-refractivity contribution in [1.82, 2.24) is 29.1 Å². The molecule has 0 aliphatic carbocycles. The Hall–Kier alpha value is -2.80. The van der Waals surface area contributed by atoms with Crippen LogP contribution in [-0.4, -0.2) is 63.7 Å². The van der Waals surface area contributed by atoms with E-state index in [2.05, 4.69) is 20.3 Å². The van der Waals surface area contributed by atoms with Crippen LogP contribution < -0.4 is 4.90 Å². The van der Waals surface area contributed by atoms with Gasteiger partial charge in [0, 0.05) is 32.4 Å². The van der Waals surface area contributed by atoms with E-state index in [0.29, 0.717) is 4.52 Å². The zero-order valence-corrected chi connectivity index (χ0v) is 15.1. The van der Waals surface area contributed by atoms with Gasteiger partial charge in [0.1, 0.15) is 5.82 Å². The molecule has 9 nitrogen and oxygen atoms in total. The topological polar surface area (TPSA) is 96.6 Å². The van der Waals surface area contributed by atoms with Crippen LogP contribution in [0.25, 0.3) is 5.65 Å². The van der Waals surface area contributed by atoms with Crippen molar-refractivity contribution < 1.29 is 21.6 Å². The van der Waals surface area contributed by atoms with Crippen LogP contribution in [0.1, 0.15) is 5.82 Å². The second kappa shape index (κ2) is 6.67. The Morgan fingerprint density at radius 2 is 1.71 bits per heavy atom. The van der Waals surface area contributed by atoms with Crippen molar-refractivity contribution in [2.24, 2.45) is 0 Å². The van der Waals surface area contributed by atoms with Crippen LogP contribution in [0.2, 0.25) is 0 Å². The van der Waals surface area contributed by atoms with Crippen LogP contribution in [-0.2, 0) is 16.2 Å². The zero-order chi connectivity index (χ0) is 19.9. The molecule has 1 fully saturated rings. The van der Waals surface area contributed by atoms with Gasteiger partial charge in [-0.1, -0.05) is 6.07 Å². The number of rotatable bonds is 3. The maximum Gasteiger partial charge on any atom is 0.453 e. The fraction of sp³-hybridized carbons (Fsp3) is 0.333. The van der Waals surface area contributed by atoms with E-state index >= 15 is 0 Å². The molecule has 4 rings (SSSR count). The van der Waals surface area contributed by atoms with E-state index in [1.165, 1.54) is 28.7 Å².